The van der Waals surface area contributed by atoms with Gasteiger partial charge in [-0.3, -0.25) is 0 Å². The molecule has 0 saturated heterocycles. The first-order valence-electron chi connectivity index (χ1n) is 30.2. The Labute approximate surface area is 531 Å². The van der Waals surface area contributed by atoms with Gasteiger partial charge in [0.1, 0.15) is 5.69 Å². The number of hydrogen-bond donors (Lipinski definition) is 6. The van der Waals surface area contributed by atoms with Crippen LogP contribution in [0.1, 0.15) is 242 Å². The molecule has 22 heteroatoms. The summed E-state index contributed by atoms with van der Waals surface area (Å²) in [6.45, 7) is 9.67. The summed E-state index contributed by atoms with van der Waals surface area (Å²) in [5.74, 6) is 2.59. The zero-order valence-corrected chi connectivity index (χ0v) is 56.0. The summed E-state index contributed by atoms with van der Waals surface area (Å²) in [6.07, 6.45) is 33.6. The first kappa shape index (κ1) is 86.8. The van der Waals surface area contributed by atoms with Crippen LogP contribution in [0.25, 0.3) is 0 Å². The maximum absolute atomic E-state index is 10.1. The summed E-state index contributed by atoms with van der Waals surface area (Å²) in [7, 11) is 19.5. The first-order valence-corrected chi connectivity index (χ1v) is 31.4. The van der Waals surface area contributed by atoms with Crippen LogP contribution in [-0.4, -0.2) is 129 Å². The average Bonchev–Trinajstić information content (AvgIpc) is 3.66. The standard InChI is InChI=1S/C17H30BrN3O.C17H31N3O2.C17H31N3O.C8H13N3O.C2H3N.2CH4.BHNS/c1-4-5-6-7-8-9-10-11-12-14-16(18)15(13-22)20-17(19-14)21(2)3;1-4-5-6-7-8-9-10-11-12-14-16(22)15(13-21)19-17(18-14)20(2)3;1-4-5-6-7-8-9-10-11-12-15-13-16(14-21)19-17(18-15)20(2)3;1-6-4-7(5-12)10-8(9-6)11(2)3;1-2-3;;;1-2-3/h22H,4-13H2,1-3H3;21-22H,4-13H2,1-3H3;13,21H,4-12,14H2,1-3H3;4,12H,5H2,1-3H3;1H3;2*1H4;3H. The minimum absolute atomic E-state index is 0. The summed E-state index contributed by atoms with van der Waals surface area (Å²) in [5, 5.41) is 54.3. The molecular formula is C63H117BBrN14O5S. The molecule has 0 aromatic carbocycles. The van der Waals surface area contributed by atoms with Crippen LogP contribution in [0.5, 0.6) is 5.75 Å². The maximum atomic E-state index is 10.1. The number of halogens is 1. The number of hydrogen-bond acceptors (Lipinski definition) is 20. The van der Waals surface area contributed by atoms with Crippen LogP contribution in [0.3, 0.4) is 0 Å². The van der Waals surface area contributed by atoms with Crippen molar-refractivity contribution in [3.8, 4) is 11.8 Å². The number of aliphatic hydroxyl groups excluding tert-OH is 4. The number of aliphatic hydroxyl groups is 4. The fraction of sp³-hybridized carbons (Fsp3) is 0.730. The van der Waals surface area contributed by atoms with Crippen molar-refractivity contribution >= 4 is 60.2 Å². The van der Waals surface area contributed by atoms with E-state index in [2.05, 4.69) is 101 Å². The minimum atomic E-state index is -0.264. The molecule has 0 atom stereocenters. The summed E-state index contributed by atoms with van der Waals surface area (Å²) < 4.78 is 3.56. The second-order valence-corrected chi connectivity index (χ2v) is 22.2. The van der Waals surface area contributed by atoms with Crippen molar-refractivity contribution in [3.63, 3.8) is 0 Å². The number of aryl methyl sites for hydroxylation is 4. The van der Waals surface area contributed by atoms with Crippen molar-refractivity contribution in [3.05, 3.63) is 62.2 Å². The van der Waals surface area contributed by atoms with Crippen molar-refractivity contribution in [1.29, 1.82) is 5.26 Å². The number of aromatic nitrogens is 8. The molecule has 0 aliphatic heterocycles. The number of thiol groups is 1. The predicted molar refractivity (Wildman–Crippen MR) is 364 cm³/mol. The topological polar surface area (TPSA) is 253 Å². The quantitative estimate of drug-likeness (QED) is 0.0142. The molecule has 0 aliphatic carbocycles. The molecule has 19 nitrogen and oxygen atoms in total. The first-order chi connectivity index (χ1) is 39.8. The molecule has 4 rings (SSSR count). The Morgan fingerprint density at radius 3 is 1.11 bits per heavy atom. The van der Waals surface area contributed by atoms with Crippen LogP contribution >= 0.6 is 28.7 Å². The fourth-order valence-corrected chi connectivity index (χ4v) is 8.66. The second-order valence-electron chi connectivity index (χ2n) is 21.2. The molecular weight excluding hydrogens is 1160 g/mol. The van der Waals surface area contributed by atoms with Gasteiger partial charge in [-0.25, -0.2) is 39.9 Å². The number of anilines is 4. The van der Waals surface area contributed by atoms with E-state index in [1.165, 1.54) is 142 Å². The molecule has 0 aliphatic rings. The number of unbranched alkanes of at least 4 members (excludes halogenated alkanes) is 21. The average molecular weight is 1270 g/mol. The number of nitrogens with zero attached hydrogens (tertiary/aromatic N) is 14. The van der Waals surface area contributed by atoms with E-state index >= 15 is 0 Å². The Balaban J connectivity index is -0.000000502. The summed E-state index contributed by atoms with van der Waals surface area (Å²) in [4.78, 5) is 42.0. The van der Waals surface area contributed by atoms with Gasteiger partial charge in [0.05, 0.1) is 65.4 Å². The number of aromatic hydroxyl groups is 1. The van der Waals surface area contributed by atoms with Crippen molar-refractivity contribution < 1.29 is 25.5 Å². The van der Waals surface area contributed by atoms with Gasteiger partial charge < -0.3 is 45.1 Å². The zero-order chi connectivity index (χ0) is 62.8. The van der Waals surface area contributed by atoms with Crippen molar-refractivity contribution in [2.75, 3.05) is 76.0 Å². The summed E-state index contributed by atoms with van der Waals surface area (Å²) in [5.41, 5.74) is 5.93. The van der Waals surface area contributed by atoms with Gasteiger partial charge in [0.15, 0.2) is 5.75 Å². The van der Waals surface area contributed by atoms with E-state index < -0.39 is 0 Å². The van der Waals surface area contributed by atoms with E-state index in [9.17, 15) is 20.4 Å². The van der Waals surface area contributed by atoms with Gasteiger partial charge in [-0.1, -0.05) is 170 Å². The second kappa shape index (κ2) is 57.1. The van der Waals surface area contributed by atoms with Crippen LogP contribution in [0.2, 0.25) is 0 Å². The Morgan fingerprint density at radius 1 is 0.459 bits per heavy atom. The van der Waals surface area contributed by atoms with Crippen molar-refractivity contribution in [2.24, 2.45) is 4.30 Å². The van der Waals surface area contributed by atoms with Gasteiger partial charge in [0, 0.05) is 74.7 Å². The summed E-state index contributed by atoms with van der Waals surface area (Å²) in [6, 6.07) is 5.45. The van der Waals surface area contributed by atoms with E-state index in [0.717, 1.165) is 60.1 Å². The molecule has 4 aromatic rings. The van der Waals surface area contributed by atoms with Crippen molar-refractivity contribution in [2.45, 2.75) is 249 Å². The van der Waals surface area contributed by atoms with Crippen LogP contribution in [0, 0.1) is 18.3 Å². The molecule has 4 aromatic heterocycles. The number of rotatable bonds is 35. The third kappa shape index (κ3) is 42.8. The Morgan fingerprint density at radius 2 is 0.741 bits per heavy atom. The van der Waals surface area contributed by atoms with Crippen LogP contribution in [0.4, 0.5) is 23.8 Å². The van der Waals surface area contributed by atoms with E-state index in [1.54, 1.807) is 17.0 Å². The molecule has 0 saturated carbocycles. The van der Waals surface area contributed by atoms with Crippen LogP contribution in [-0.2, 0) is 45.7 Å². The van der Waals surface area contributed by atoms with Crippen LogP contribution < -0.4 is 19.6 Å². The third-order valence-corrected chi connectivity index (χ3v) is 13.7. The molecule has 0 amide bonds. The monoisotopic (exact) mass is 1270 g/mol. The van der Waals surface area contributed by atoms with Gasteiger partial charge >= 0.3 is 24.8 Å². The molecule has 1 radical (unpaired) electrons. The van der Waals surface area contributed by atoms with E-state index in [1.807, 2.05) is 84.1 Å². The normalized spacial score (nSPS) is 9.99. The molecule has 0 fully saturated rings. The molecule has 4 heterocycles. The Bertz CT molecular complexity index is 2220. The van der Waals surface area contributed by atoms with Gasteiger partial charge in [0.25, 0.3) is 0 Å². The third-order valence-electron chi connectivity index (χ3n) is 12.8. The van der Waals surface area contributed by atoms with E-state index in [-0.39, 0.29) is 47.0 Å². The molecule has 485 valence electrons. The van der Waals surface area contributed by atoms with Gasteiger partial charge in [0.2, 0.25) is 23.8 Å². The van der Waals surface area contributed by atoms with E-state index in [4.69, 9.17) is 10.4 Å². The van der Waals surface area contributed by atoms with Crippen LogP contribution in [0.15, 0.2) is 20.9 Å². The summed E-state index contributed by atoms with van der Waals surface area (Å²) >= 11 is 6.72. The molecule has 0 spiro atoms. The van der Waals surface area contributed by atoms with Gasteiger partial charge in [-0.05, 0) is 73.5 Å². The Hall–Kier alpha value is -4.66. The molecule has 0 bridgehead atoms. The van der Waals surface area contributed by atoms with E-state index in [0.29, 0.717) is 52.3 Å². The number of nitriles is 1. The van der Waals surface area contributed by atoms with Crippen molar-refractivity contribution in [1.82, 2.24) is 39.9 Å². The SMILES string of the molecule is C.C.CC#N.CCCCCCCCCCc1cc(CO)nc(N(C)C)n1.CCCCCCCCCCc1nc(N(C)C)nc(CO)c1Br.CCCCCCCCCCc1nc(N(C)C)nc(CO)c1O.Cc1cc(CO)nc(N(C)C)n1.[B]=NS. The molecule has 0 unspecified atom stereocenters. The zero-order valence-electron chi connectivity index (χ0n) is 53.5. The van der Waals surface area contributed by atoms with Gasteiger partial charge in [-0.2, -0.15) is 5.26 Å². The molecule has 85 heavy (non-hydrogen) atoms. The predicted octanol–water partition coefficient (Wildman–Crippen LogP) is 14.0. The Kier molecular flexibility index (Phi) is 58.3. The molecule has 5 N–H and O–H groups in total. The fourth-order valence-electron chi connectivity index (χ4n) is 8.16. The van der Waals surface area contributed by atoms with Gasteiger partial charge in [-0.15, -0.1) is 0 Å².